The lowest BCUT2D eigenvalue weighted by atomic mass is 10.1. The van der Waals surface area contributed by atoms with Crippen LogP contribution in [-0.4, -0.2) is 16.1 Å². The van der Waals surface area contributed by atoms with Crippen LogP contribution in [0.5, 0.6) is 11.6 Å². The van der Waals surface area contributed by atoms with E-state index in [1.165, 1.54) is 12.1 Å². The van der Waals surface area contributed by atoms with Gasteiger partial charge in [-0.3, -0.25) is 0 Å². The van der Waals surface area contributed by atoms with E-state index in [4.69, 9.17) is 33.0 Å². The molecule has 0 amide bonds. The molecule has 1 heterocycles. The fourth-order valence-electron chi connectivity index (χ4n) is 1.66. The Kier molecular flexibility index (Phi) is 4.70. The zero-order chi connectivity index (χ0) is 15.6. The van der Waals surface area contributed by atoms with E-state index >= 15 is 0 Å². The number of aromatic carboxylic acids is 1. The lowest BCUT2D eigenvalue weighted by Crippen LogP contribution is -2.03. The van der Waals surface area contributed by atoms with Gasteiger partial charge in [0.15, 0.2) is 0 Å². The van der Waals surface area contributed by atoms with Gasteiger partial charge in [-0.1, -0.05) is 37.0 Å². The number of hydrogen-bond donors (Lipinski definition) is 1. The monoisotopic (exact) mass is 325 g/mol. The molecule has 1 aromatic heterocycles. The molecule has 0 radical (unpaired) electrons. The molecule has 21 heavy (non-hydrogen) atoms. The van der Waals surface area contributed by atoms with Crippen molar-refractivity contribution in [1.82, 2.24) is 4.98 Å². The van der Waals surface area contributed by atoms with Crippen LogP contribution >= 0.6 is 23.2 Å². The van der Waals surface area contributed by atoms with Crippen LogP contribution in [0, 0.1) is 0 Å². The first-order valence-corrected chi connectivity index (χ1v) is 7.00. The average molecular weight is 326 g/mol. The molecule has 4 nitrogen and oxygen atoms in total. The van der Waals surface area contributed by atoms with Gasteiger partial charge in [0.1, 0.15) is 5.75 Å². The molecule has 110 valence electrons. The zero-order valence-electron chi connectivity index (χ0n) is 11.4. The molecular formula is C15H13Cl2NO3. The number of benzene rings is 1. The van der Waals surface area contributed by atoms with Gasteiger partial charge in [-0.2, -0.15) is 0 Å². The van der Waals surface area contributed by atoms with Crippen LogP contribution in [0.2, 0.25) is 10.0 Å². The second-order valence-corrected chi connectivity index (χ2v) is 5.57. The second kappa shape index (κ2) is 6.33. The summed E-state index contributed by atoms with van der Waals surface area (Å²) >= 11 is 11.8. The lowest BCUT2D eigenvalue weighted by molar-refractivity contribution is 0.0696. The topological polar surface area (TPSA) is 59.4 Å². The summed E-state index contributed by atoms with van der Waals surface area (Å²) in [5.41, 5.74) is 0.772. The first kappa shape index (κ1) is 15.6. The van der Waals surface area contributed by atoms with Gasteiger partial charge in [0, 0.05) is 17.8 Å². The molecular weight excluding hydrogens is 313 g/mol. The fourth-order valence-corrected chi connectivity index (χ4v) is 1.95. The van der Waals surface area contributed by atoms with E-state index in [1.54, 1.807) is 18.2 Å². The molecule has 0 aliphatic rings. The highest BCUT2D eigenvalue weighted by Crippen LogP contribution is 2.29. The van der Waals surface area contributed by atoms with E-state index in [2.05, 4.69) is 4.98 Å². The minimum atomic E-state index is -1.03. The molecule has 0 spiro atoms. The maximum absolute atomic E-state index is 11.2. The molecule has 0 aliphatic heterocycles. The SMILES string of the molecule is CC(C)c1cc(C(=O)O)cc(Oc2ccc(Cl)c(Cl)c2)n1. The van der Waals surface area contributed by atoms with E-state index < -0.39 is 5.97 Å². The predicted molar refractivity (Wildman–Crippen MR) is 81.8 cm³/mol. The number of hydrogen-bond acceptors (Lipinski definition) is 3. The minimum absolute atomic E-state index is 0.0838. The summed E-state index contributed by atoms with van der Waals surface area (Å²) in [5, 5.41) is 9.91. The third-order valence-corrected chi connectivity index (χ3v) is 3.51. The van der Waals surface area contributed by atoms with Gasteiger partial charge in [-0.25, -0.2) is 9.78 Å². The third-order valence-electron chi connectivity index (χ3n) is 2.77. The van der Waals surface area contributed by atoms with Gasteiger partial charge in [-0.15, -0.1) is 0 Å². The third kappa shape index (κ3) is 3.86. The fraction of sp³-hybridized carbons (Fsp3) is 0.200. The van der Waals surface area contributed by atoms with Gasteiger partial charge < -0.3 is 9.84 Å². The zero-order valence-corrected chi connectivity index (χ0v) is 12.9. The molecule has 0 bridgehead atoms. The van der Waals surface area contributed by atoms with Crippen LogP contribution in [-0.2, 0) is 0 Å². The van der Waals surface area contributed by atoms with Crippen molar-refractivity contribution >= 4 is 29.2 Å². The molecule has 1 N–H and O–H groups in total. The van der Waals surface area contributed by atoms with Crippen molar-refractivity contribution in [1.29, 1.82) is 0 Å². The molecule has 1 aromatic carbocycles. The van der Waals surface area contributed by atoms with Crippen molar-refractivity contribution in [3.05, 3.63) is 51.6 Å². The van der Waals surface area contributed by atoms with Crippen LogP contribution < -0.4 is 4.74 Å². The van der Waals surface area contributed by atoms with E-state index in [-0.39, 0.29) is 17.4 Å². The highest BCUT2D eigenvalue weighted by atomic mass is 35.5. The van der Waals surface area contributed by atoms with Crippen molar-refractivity contribution in [3.63, 3.8) is 0 Å². The Morgan fingerprint density at radius 1 is 1.19 bits per heavy atom. The molecule has 0 saturated carbocycles. The molecule has 0 aliphatic carbocycles. The van der Waals surface area contributed by atoms with Gasteiger partial charge in [0.05, 0.1) is 15.6 Å². The van der Waals surface area contributed by atoms with E-state index in [0.717, 1.165) is 0 Å². The van der Waals surface area contributed by atoms with Crippen LogP contribution in [0.15, 0.2) is 30.3 Å². The molecule has 6 heteroatoms. The summed E-state index contributed by atoms with van der Waals surface area (Å²) < 4.78 is 5.58. The quantitative estimate of drug-likeness (QED) is 0.859. The van der Waals surface area contributed by atoms with E-state index in [0.29, 0.717) is 21.5 Å². The first-order valence-electron chi connectivity index (χ1n) is 6.25. The summed E-state index contributed by atoms with van der Waals surface area (Å²) in [4.78, 5) is 15.5. The summed E-state index contributed by atoms with van der Waals surface area (Å²) in [6.07, 6.45) is 0. The lowest BCUT2D eigenvalue weighted by Gasteiger charge is -2.10. The van der Waals surface area contributed by atoms with Crippen LogP contribution in [0.25, 0.3) is 0 Å². The summed E-state index contributed by atoms with van der Waals surface area (Å²) in [6.45, 7) is 3.85. The number of halogens is 2. The second-order valence-electron chi connectivity index (χ2n) is 4.76. The van der Waals surface area contributed by atoms with Crippen molar-refractivity contribution in [3.8, 4) is 11.6 Å². The van der Waals surface area contributed by atoms with E-state index in [9.17, 15) is 4.79 Å². The Morgan fingerprint density at radius 2 is 1.90 bits per heavy atom. The maximum atomic E-state index is 11.2. The Balaban J connectivity index is 2.38. The number of ether oxygens (including phenoxy) is 1. The number of pyridine rings is 1. The Morgan fingerprint density at radius 3 is 2.48 bits per heavy atom. The van der Waals surface area contributed by atoms with Gasteiger partial charge >= 0.3 is 5.97 Å². The largest absolute Gasteiger partial charge is 0.478 e. The van der Waals surface area contributed by atoms with Gasteiger partial charge in [0.2, 0.25) is 5.88 Å². The summed E-state index contributed by atoms with van der Waals surface area (Å²) in [6, 6.07) is 7.70. The van der Waals surface area contributed by atoms with Crippen molar-refractivity contribution in [2.75, 3.05) is 0 Å². The highest BCUT2D eigenvalue weighted by Gasteiger charge is 2.12. The normalized spacial score (nSPS) is 10.7. The smallest absolute Gasteiger partial charge is 0.335 e. The summed E-state index contributed by atoms with van der Waals surface area (Å²) in [7, 11) is 0. The number of aromatic nitrogens is 1. The molecule has 2 aromatic rings. The first-order chi connectivity index (χ1) is 9.86. The minimum Gasteiger partial charge on any atom is -0.478 e. The van der Waals surface area contributed by atoms with Crippen LogP contribution in [0.1, 0.15) is 35.8 Å². The number of carboxylic acid groups (broad SMARTS) is 1. The molecule has 2 rings (SSSR count). The Labute approximate surface area is 132 Å². The van der Waals surface area contributed by atoms with Crippen molar-refractivity contribution in [2.24, 2.45) is 0 Å². The Bertz CT molecular complexity index is 687. The maximum Gasteiger partial charge on any atom is 0.335 e. The standard InChI is InChI=1S/C15H13Cl2NO3/c1-8(2)13-5-9(15(19)20)6-14(18-13)21-10-3-4-11(16)12(17)7-10/h3-8H,1-2H3,(H,19,20). The molecule has 0 saturated heterocycles. The van der Waals surface area contributed by atoms with Gasteiger partial charge in [-0.05, 0) is 24.1 Å². The van der Waals surface area contributed by atoms with E-state index in [1.807, 2.05) is 13.8 Å². The van der Waals surface area contributed by atoms with Gasteiger partial charge in [0.25, 0.3) is 0 Å². The molecule has 0 unspecified atom stereocenters. The van der Waals surface area contributed by atoms with Crippen molar-refractivity contribution < 1.29 is 14.6 Å². The number of rotatable bonds is 4. The molecule has 0 fully saturated rings. The summed E-state index contributed by atoms with van der Waals surface area (Å²) in [5.74, 6) is -0.301. The van der Waals surface area contributed by atoms with Crippen LogP contribution in [0.3, 0.4) is 0 Å². The predicted octanol–water partition coefficient (Wildman–Crippen LogP) is 5.00. The Hall–Kier alpha value is -1.78. The number of carbonyl (C=O) groups is 1. The molecule has 0 atom stereocenters. The highest BCUT2D eigenvalue weighted by molar-refractivity contribution is 6.42. The van der Waals surface area contributed by atoms with Crippen LogP contribution in [0.4, 0.5) is 0 Å². The number of nitrogens with zero attached hydrogens (tertiary/aromatic N) is 1. The van der Waals surface area contributed by atoms with Crippen molar-refractivity contribution in [2.45, 2.75) is 19.8 Å². The number of carboxylic acids is 1. The average Bonchev–Trinajstić information content (AvgIpc) is 2.42.